The van der Waals surface area contributed by atoms with Crippen LogP contribution in [-0.4, -0.2) is 35.0 Å². The van der Waals surface area contributed by atoms with Crippen molar-refractivity contribution in [1.82, 2.24) is 4.90 Å². The minimum atomic E-state index is -0.585. The first-order chi connectivity index (χ1) is 10.1. The van der Waals surface area contributed by atoms with E-state index in [0.717, 1.165) is 0 Å². The highest BCUT2D eigenvalue weighted by molar-refractivity contribution is 5.82. The van der Waals surface area contributed by atoms with Crippen molar-refractivity contribution in [3.05, 3.63) is 24.1 Å². The van der Waals surface area contributed by atoms with E-state index < -0.39 is 17.1 Å². The van der Waals surface area contributed by atoms with Crippen LogP contribution in [0.2, 0.25) is 0 Å². The molecule has 0 spiro atoms. The van der Waals surface area contributed by atoms with E-state index in [1.807, 2.05) is 27.7 Å². The smallest absolute Gasteiger partial charge is 0.410 e. The summed E-state index contributed by atoms with van der Waals surface area (Å²) in [4.78, 5) is 26.0. The monoisotopic (exact) mass is 309 g/mol. The highest BCUT2D eigenvalue weighted by Crippen LogP contribution is 2.39. The topological polar surface area (TPSA) is 46.6 Å². The zero-order valence-corrected chi connectivity index (χ0v) is 13.7. The fourth-order valence-corrected chi connectivity index (χ4v) is 2.93. The Balaban J connectivity index is 2.23. The van der Waals surface area contributed by atoms with E-state index in [9.17, 15) is 14.0 Å². The van der Waals surface area contributed by atoms with Gasteiger partial charge in [-0.2, -0.15) is 0 Å². The van der Waals surface area contributed by atoms with Crippen molar-refractivity contribution in [2.75, 3.05) is 6.54 Å². The molecule has 1 aliphatic carbocycles. The summed E-state index contributed by atoms with van der Waals surface area (Å²) in [5.74, 6) is -0.141. The molecule has 0 N–H and O–H groups in total. The van der Waals surface area contributed by atoms with Crippen LogP contribution in [-0.2, 0) is 9.53 Å². The minimum absolute atomic E-state index is 0.134. The van der Waals surface area contributed by atoms with E-state index in [4.69, 9.17) is 4.74 Å². The molecule has 0 radical (unpaired) electrons. The molecule has 1 heterocycles. The molecule has 2 atom stereocenters. The SMILES string of the molecule is CC(C)(C)OC(=O)N1CCC(=O)C[C@H]1C1(C)C=CC(F)=CC1. The van der Waals surface area contributed by atoms with Crippen molar-refractivity contribution in [2.45, 2.75) is 58.6 Å². The number of carbonyl (C=O) groups is 2. The summed E-state index contributed by atoms with van der Waals surface area (Å²) >= 11 is 0. The van der Waals surface area contributed by atoms with Crippen molar-refractivity contribution in [2.24, 2.45) is 5.41 Å². The number of nitrogens with zero attached hydrogens (tertiary/aromatic N) is 1. The van der Waals surface area contributed by atoms with E-state index >= 15 is 0 Å². The largest absolute Gasteiger partial charge is 0.444 e. The Morgan fingerprint density at radius 1 is 1.45 bits per heavy atom. The molecular formula is C17H24FNO3. The van der Waals surface area contributed by atoms with Crippen LogP contribution in [0.25, 0.3) is 0 Å². The number of allylic oxidation sites excluding steroid dienone is 3. The number of carbonyl (C=O) groups excluding carboxylic acids is 2. The zero-order valence-electron chi connectivity index (χ0n) is 13.7. The van der Waals surface area contributed by atoms with Crippen LogP contribution in [0.4, 0.5) is 9.18 Å². The second kappa shape index (κ2) is 5.86. The highest BCUT2D eigenvalue weighted by atomic mass is 19.1. The summed E-state index contributed by atoms with van der Waals surface area (Å²) in [6, 6.07) is -0.302. The van der Waals surface area contributed by atoms with Gasteiger partial charge in [0, 0.05) is 24.8 Å². The first kappa shape index (κ1) is 16.7. The van der Waals surface area contributed by atoms with Gasteiger partial charge in [0.1, 0.15) is 17.2 Å². The molecule has 1 fully saturated rings. The lowest BCUT2D eigenvalue weighted by molar-refractivity contribution is -0.124. The quantitative estimate of drug-likeness (QED) is 0.740. The number of Topliss-reactive ketones (excluding diaryl/α,β-unsaturated/α-hetero) is 1. The fraction of sp³-hybridized carbons (Fsp3) is 0.647. The molecule has 1 saturated heterocycles. The maximum absolute atomic E-state index is 13.3. The molecule has 2 aliphatic rings. The molecule has 22 heavy (non-hydrogen) atoms. The van der Waals surface area contributed by atoms with Crippen molar-refractivity contribution in [3.8, 4) is 0 Å². The van der Waals surface area contributed by atoms with Crippen LogP contribution in [0.3, 0.4) is 0 Å². The minimum Gasteiger partial charge on any atom is -0.444 e. The average molecular weight is 309 g/mol. The third-order valence-electron chi connectivity index (χ3n) is 4.18. The number of ketones is 1. The second-order valence-electron chi connectivity index (χ2n) is 7.31. The number of rotatable bonds is 1. The summed E-state index contributed by atoms with van der Waals surface area (Å²) in [6.07, 6.45) is 5.38. The normalized spacial score (nSPS) is 29.3. The number of ether oxygens (including phenoxy) is 1. The Kier molecular flexibility index (Phi) is 4.45. The van der Waals surface area contributed by atoms with Crippen molar-refractivity contribution in [1.29, 1.82) is 0 Å². The van der Waals surface area contributed by atoms with Gasteiger partial charge in [-0.05, 0) is 39.3 Å². The zero-order chi connectivity index (χ0) is 16.5. The molecule has 2 rings (SSSR count). The molecule has 122 valence electrons. The standard InChI is InChI=1S/C17H24FNO3/c1-16(2,3)22-15(21)19-10-7-13(20)11-14(19)17(4)8-5-12(18)6-9-17/h5-6,8,14H,7,9-11H2,1-4H3/t14-,17?/m0/s1. The molecule has 0 aromatic heterocycles. The predicted molar refractivity (Wildman–Crippen MR) is 82.0 cm³/mol. The molecule has 1 amide bonds. The van der Waals surface area contributed by atoms with Gasteiger partial charge in [0.15, 0.2) is 0 Å². The number of piperidine rings is 1. The molecule has 4 nitrogen and oxygen atoms in total. The third-order valence-corrected chi connectivity index (χ3v) is 4.18. The van der Waals surface area contributed by atoms with E-state index in [1.165, 1.54) is 12.2 Å². The lowest BCUT2D eigenvalue weighted by Crippen LogP contribution is -2.54. The van der Waals surface area contributed by atoms with E-state index in [1.54, 1.807) is 11.0 Å². The Morgan fingerprint density at radius 3 is 2.68 bits per heavy atom. The van der Waals surface area contributed by atoms with E-state index in [-0.39, 0.29) is 24.1 Å². The van der Waals surface area contributed by atoms with E-state index in [2.05, 4.69) is 0 Å². The summed E-state index contributed by atoms with van der Waals surface area (Å²) in [7, 11) is 0. The van der Waals surface area contributed by atoms with Crippen LogP contribution < -0.4 is 0 Å². The van der Waals surface area contributed by atoms with Gasteiger partial charge in [-0.15, -0.1) is 0 Å². The summed E-state index contributed by atoms with van der Waals surface area (Å²) in [6.45, 7) is 7.75. The van der Waals surface area contributed by atoms with Gasteiger partial charge in [-0.3, -0.25) is 4.79 Å². The van der Waals surface area contributed by atoms with Crippen LogP contribution in [0.15, 0.2) is 24.1 Å². The predicted octanol–water partition coefficient (Wildman–Crippen LogP) is 3.77. The van der Waals surface area contributed by atoms with Crippen LogP contribution in [0.5, 0.6) is 0 Å². The van der Waals surface area contributed by atoms with Crippen molar-refractivity contribution in [3.63, 3.8) is 0 Å². The van der Waals surface area contributed by atoms with Gasteiger partial charge in [-0.1, -0.05) is 13.0 Å². The molecule has 0 saturated carbocycles. The maximum Gasteiger partial charge on any atom is 0.410 e. The molecule has 1 unspecified atom stereocenters. The van der Waals surface area contributed by atoms with Gasteiger partial charge in [-0.25, -0.2) is 9.18 Å². The lowest BCUT2D eigenvalue weighted by Gasteiger charge is -2.45. The number of hydrogen-bond donors (Lipinski definition) is 0. The Labute approximate surface area is 131 Å². The summed E-state index contributed by atoms with van der Waals surface area (Å²) in [5, 5.41) is 0. The first-order valence-corrected chi connectivity index (χ1v) is 7.67. The molecule has 0 aromatic rings. The first-order valence-electron chi connectivity index (χ1n) is 7.67. The number of likely N-dealkylation sites (tertiary alicyclic amines) is 1. The number of amides is 1. The molecule has 5 heteroatoms. The Hall–Kier alpha value is -1.65. The number of halogens is 1. The molecule has 1 aliphatic heterocycles. The van der Waals surface area contributed by atoms with Gasteiger partial charge < -0.3 is 9.64 Å². The maximum atomic E-state index is 13.3. The van der Waals surface area contributed by atoms with Crippen molar-refractivity contribution >= 4 is 11.9 Å². The van der Waals surface area contributed by atoms with Crippen molar-refractivity contribution < 1.29 is 18.7 Å². The van der Waals surface area contributed by atoms with Crippen LogP contribution in [0.1, 0.15) is 47.0 Å². The van der Waals surface area contributed by atoms with Gasteiger partial charge in [0.05, 0.1) is 6.04 Å². The number of hydrogen-bond acceptors (Lipinski definition) is 3. The van der Waals surface area contributed by atoms with Gasteiger partial charge >= 0.3 is 6.09 Å². The van der Waals surface area contributed by atoms with Gasteiger partial charge in [0.25, 0.3) is 0 Å². The second-order valence-corrected chi connectivity index (χ2v) is 7.31. The third kappa shape index (κ3) is 3.76. The molecule has 0 aromatic carbocycles. The molecular weight excluding hydrogens is 285 g/mol. The Morgan fingerprint density at radius 2 is 2.14 bits per heavy atom. The fourth-order valence-electron chi connectivity index (χ4n) is 2.93. The Bertz CT molecular complexity index is 533. The lowest BCUT2D eigenvalue weighted by atomic mass is 9.73. The summed E-state index contributed by atoms with van der Waals surface area (Å²) in [5.41, 5.74) is -1.04. The van der Waals surface area contributed by atoms with Gasteiger partial charge in [0.2, 0.25) is 0 Å². The summed E-state index contributed by atoms with van der Waals surface area (Å²) < 4.78 is 18.7. The molecule has 0 bridgehead atoms. The highest BCUT2D eigenvalue weighted by Gasteiger charge is 2.43. The van der Waals surface area contributed by atoms with Crippen LogP contribution in [0, 0.1) is 5.41 Å². The van der Waals surface area contributed by atoms with Crippen LogP contribution >= 0.6 is 0 Å². The average Bonchev–Trinajstić information content (AvgIpc) is 2.40. The van der Waals surface area contributed by atoms with E-state index in [0.29, 0.717) is 19.4 Å².